The van der Waals surface area contributed by atoms with Crippen LogP contribution in [0.25, 0.3) is 10.2 Å². The van der Waals surface area contributed by atoms with Crippen molar-refractivity contribution < 1.29 is 4.79 Å². The third-order valence-corrected chi connectivity index (χ3v) is 6.32. The van der Waals surface area contributed by atoms with Crippen LogP contribution < -0.4 is 5.56 Å². The number of hydrogen-bond donors (Lipinski definition) is 0. The fourth-order valence-electron chi connectivity index (χ4n) is 3.05. The van der Waals surface area contributed by atoms with Crippen molar-refractivity contribution in [1.82, 2.24) is 15.0 Å². The molecule has 3 aromatic rings. The zero-order valence-corrected chi connectivity index (χ0v) is 14.2. The Kier molecular flexibility index (Phi) is 3.61. The molecule has 0 fully saturated rings. The lowest BCUT2D eigenvalue weighted by molar-refractivity contribution is 0.0968. The van der Waals surface area contributed by atoms with Crippen LogP contribution in [-0.2, 0) is 19.4 Å². The quantitative estimate of drug-likeness (QED) is 0.685. The maximum atomic E-state index is 12.8. The van der Waals surface area contributed by atoms with Crippen LogP contribution in [0.1, 0.15) is 33.5 Å². The Bertz CT molecular complexity index is 940. The van der Waals surface area contributed by atoms with Gasteiger partial charge in [-0.25, -0.2) is 4.68 Å². The van der Waals surface area contributed by atoms with Gasteiger partial charge in [-0.15, -0.1) is 27.8 Å². The minimum absolute atomic E-state index is 0.0523. The Morgan fingerprint density at radius 2 is 2.35 bits per heavy atom. The Balaban J connectivity index is 1.76. The molecule has 7 heteroatoms. The molecule has 0 saturated carbocycles. The summed E-state index contributed by atoms with van der Waals surface area (Å²) in [5.74, 6) is 0.541. The van der Waals surface area contributed by atoms with E-state index in [9.17, 15) is 9.59 Å². The van der Waals surface area contributed by atoms with Crippen molar-refractivity contribution >= 4 is 38.7 Å². The average Bonchev–Trinajstić information content (AvgIpc) is 3.16. The number of carbonyl (C=O) groups excluding carboxylic acids is 1. The molecule has 0 radical (unpaired) electrons. The molecular weight excluding hydrogens is 330 g/mol. The first-order chi connectivity index (χ1) is 11.1. The SMILES string of the molecule is CC1CCc2c(sc3nnn(CC(=O)c4cccs4)c(=O)c23)C1. The highest BCUT2D eigenvalue weighted by Gasteiger charge is 2.24. The minimum Gasteiger partial charge on any atom is -0.291 e. The highest BCUT2D eigenvalue weighted by atomic mass is 32.1. The molecule has 0 amide bonds. The lowest BCUT2D eigenvalue weighted by atomic mass is 9.89. The summed E-state index contributed by atoms with van der Waals surface area (Å²) in [6, 6.07) is 3.59. The van der Waals surface area contributed by atoms with Gasteiger partial charge in [0.05, 0.1) is 10.3 Å². The molecular formula is C16H15N3O2S2. The van der Waals surface area contributed by atoms with Gasteiger partial charge in [-0.3, -0.25) is 9.59 Å². The fourth-order valence-corrected chi connectivity index (χ4v) is 5.02. The van der Waals surface area contributed by atoms with Gasteiger partial charge < -0.3 is 0 Å². The number of aromatic nitrogens is 3. The maximum absolute atomic E-state index is 12.8. The number of thiophene rings is 2. The number of rotatable bonds is 3. The fraction of sp³-hybridized carbons (Fsp3) is 0.375. The standard InChI is InChI=1S/C16H15N3O2S2/c1-9-4-5-10-13(7-9)23-15-14(10)16(21)19(18-17-15)8-11(20)12-3-2-6-22-12/h2-3,6,9H,4-5,7-8H2,1H3. The average molecular weight is 345 g/mol. The van der Waals surface area contributed by atoms with Gasteiger partial charge in [-0.05, 0) is 42.2 Å². The van der Waals surface area contributed by atoms with Crippen molar-refractivity contribution in [1.29, 1.82) is 0 Å². The number of Topliss-reactive ketones (excluding diaryl/α,β-unsaturated/α-hetero) is 1. The number of carbonyl (C=O) groups is 1. The molecule has 1 atom stereocenters. The third-order valence-electron chi connectivity index (χ3n) is 4.27. The number of fused-ring (bicyclic) bond motifs is 3. The molecule has 0 aliphatic heterocycles. The normalized spacial score (nSPS) is 17.3. The minimum atomic E-state index is -0.188. The van der Waals surface area contributed by atoms with E-state index in [1.54, 1.807) is 17.4 Å². The van der Waals surface area contributed by atoms with Crippen LogP contribution in [0.2, 0.25) is 0 Å². The van der Waals surface area contributed by atoms with Crippen LogP contribution in [0.3, 0.4) is 0 Å². The summed E-state index contributed by atoms with van der Waals surface area (Å²) in [6.45, 7) is 2.18. The summed E-state index contributed by atoms with van der Waals surface area (Å²) in [7, 11) is 0. The van der Waals surface area contributed by atoms with Gasteiger partial charge in [-0.1, -0.05) is 18.2 Å². The van der Waals surface area contributed by atoms with E-state index in [2.05, 4.69) is 17.2 Å². The van der Waals surface area contributed by atoms with Crippen LogP contribution in [0.5, 0.6) is 0 Å². The van der Waals surface area contributed by atoms with Gasteiger partial charge in [0, 0.05) is 4.88 Å². The molecule has 1 aliphatic rings. The van der Waals surface area contributed by atoms with Gasteiger partial charge in [0.15, 0.2) is 10.6 Å². The summed E-state index contributed by atoms with van der Waals surface area (Å²) in [5.41, 5.74) is 0.937. The number of nitrogens with zero attached hydrogens (tertiary/aromatic N) is 3. The Morgan fingerprint density at radius 1 is 1.48 bits per heavy atom. The first kappa shape index (κ1) is 14.7. The van der Waals surface area contributed by atoms with Crippen LogP contribution >= 0.6 is 22.7 Å². The molecule has 23 heavy (non-hydrogen) atoms. The Labute approximate surface area is 140 Å². The van der Waals surface area contributed by atoms with Crippen molar-refractivity contribution in [2.45, 2.75) is 32.7 Å². The highest BCUT2D eigenvalue weighted by molar-refractivity contribution is 7.18. The molecule has 0 aromatic carbocycles. The van der Waals surface area contributed by atoms with E-state index < -0.39 is 0 Å². The van der Waals surface area contributed by atoms with Crippen molar-refractivity contribution in [2.24, 2.45) is 5.92 Å². The van der Waals surface area contributed by atoms with Gasteiger partial charge >= 0.3 is 0 Å². The molecule has 0 saturated heterocycles. The zero-order chi connectivity index (χ0) is 16.0. The second-order valence-electron chi connectivity index (χ2n) is 5.98. The molecule has 4 rings (SSSR count). The van der Waals surface area contributed by atoms with Gasteiger partial charge in [-0.2, -0.15) is 0 Å². The Hall–Kier alpha value is -1.86. The topological polar surface area (TPSA) is 64.8 Å². The van der Waals surface area contributed by atoms with Crippen LogP contribution in [-0.4, -0.2) is 20.8 Å². The van der Waals surface area contributed by atoms with Crippen LogP contribution in [0.4, 0.5) is 0 Å². The van der Waals surface area contributed by atoms with Crippen LogP contribution in [0, 0.1) is 5.92 Å². The molecule has 118 valence electrons. The van der Waals surface area contributed by atoms with E-state index in [0.717, 1.165) is 24.8 Å². The predicted octanol–water partition coefficient (Wildman–Crippen LogP) is 2.92. The molecule has 1 unspecified atom stereocenters. The van der Waals surface area contributed by atoms with E-state index in [-0.39, 0.29) is 17.9 Å². The van der Waals surface area contributed by atoms with Gasteiger partial charge in [0.2, 0.25) is 0 Å². The number of hydrogen-bond acceptors (Lipinski definition) is 6. The highest BCUT2D eigenvalue weighted by Crippen LogP contribution is 2.35. The maximum Gasteiger partial charge on any atom is 0.279 e. The van der Waals surface area contributed by atoms with E-state index >= 15 is 0 Å². The lowest BCUT2D eigenvalue weighted by Crippen LogP contribution is -2.28. The van der Waals surface area contributed by atoms with Gasteiger partial charge in [0.25, 0.3) is 5.56 Å². The van der Waals surface area contributed by atoms with Crippen molar-refractivity contribution in [3.05, 3.63) is 43.2 Å². The van der Waals surface area contributed by atoms with Crippen LogP contribution in [0.15, 0.2) is 22.3 Å². The second-order valence-corrected chi connectivity index (χ2v) is 8.02. The summed E-state index contributed by atoms with van der Waals surface area (Å²) in [4.78, 5) is 27.6. The summed E-state index contributed by atoms with van der Waals surface area (Å²) < 4.78 is 1.20. The predicted molar refractivity (Wildman–Crippen MR) is 91.5 cm³/mol. The van der Waals surface area contributed by atoms with E-state index in [4.69, 9.17) is 0 Å². The number of ketones is 1. The van der Waals surface area contributed by atoms with Crippen molar-refractivity contribution in [3.8, 4) is 0 Å². The molecule has 3 aromatic heterocycles. The van der Waals surface area contributed by atoms with Crippen molar-refractivity contribution in [3.63, 3.8) is 0 Å². The molecule has 1 aliphatic carbocycles. The molecule has 3 heterocycles. The monoisotopic (exact) mass is 345 g/mol. The van der Waals surface area contributed by atoms with Gasteiger partial charge in [0.1, 0.15) is 6.54 Å². The molecule has 0 bridgehead atoms. The Morgan fingerprint density at radius 3 is 3.13 bits per heavy atom. The third kappa shape index (κ3) is 2.53. The van der Waals surface area contributed by atoms with E-state index in [1.165, 1.54) is 20.9 Å². The first-order valence-electron chi connectivity index (χ1n) is 7.58. The smallest absolute Gasteiger partial charge is 0.279 e. The lowest BCUT2D eigenvalue weighted by Gasteiger charge is -2.17. The molecule has 0 spiro atoms. The van der Waals surface area contributed by atoms with Crippen molar-refractivity contribution in [2.75, 3.05) is 0 Å². The summed E-state index contributed by atoms with van der Waals surface area (Å²) in [5, 5.41) is 10.7. The largest absolute Gasteiger partial charge is 0.291 e. The molecule has 5 nitrogen and oxygen atoms in total. The molecule has 0 N–H and O–H groups in total. The second kappa shape index (κ2) is 5.65. The first-order valence-corrected chi connectivity index (χ1v) is 9.28. The van der Waals surface area contributed by atoms with E-state index in [1.807, 2.05) is 11.4 Å². The van der Waals surface area contributed by atoms with E-state index in [0.29, 0.717) is 21.0 Å². The zero-order valence-electron chi connectivity index (χ0n) is 12.6. The number of aryl methyl sites for hydroxylation is 1. The summed E-state index contributed by atoms with van der Waals surface area (Å²) >= 11 is 2.95. The summed E-state index contributed by atoms with van der Waals surface area (Å²) in [6.07, 6.45) is 3.01.